The predicted octanol–water partition coefficient (Wildman–Crippen LogP) is 4.46. The number of amides is 1. The number of carbonyl (C=O) groups excluding carboxylic acids is 1. The van der Waals surface area contributed by atoms with Crippen molar-refractivity contribution in [1.82, 2.24) is 19.7 Å². The van der Waals surface area contributed by atoms with Gasteiger partial charge < -0.3 is 10.1 Å². The highest BCUT2D eigenvalue weighted by Crippen LogP contribution is 2.32. The molecule has 1 amide bonds. The number of thioether (sulfide) groups is 1. The van der Waals surface area contributed by atoms with Gasteiger partial charge >= 0.3 is 0 Å². The van der Waals surface area contributed by atoms with Gasteiger partial charge in [0.15, 0.2) is 11.0 Å². The van der Waals surface area contributed by atoms with Crippen LogP contribution in [0.1, 0.15) is 6.92 Å². The zero-order valence-electron chi connectivity index (χ0n) is 16.9. The summed E-state index contributed by atoms with van der Waals surface area (Å²) in [5.74, 6) is 1.45. The molecule has 2 aromatic heterocycles. The fraction of sp³-hybridized carbons (Fsp3) is 0.130. The number of rotatable bonds is 8. The van der Waals surface area contributed by atoms with Crippen molar-refractivity contribution in [3.8, 4) is 22.8 Å². The highest BCUT2D eigenvalue weighted by atomic mass is 32.2. The number of pyridine rings is 1. The van der Waals surface area contributed by atoms with E-state index in [0.29, 0.717) is 17.6 Å². The second-order valence-electron chi connectivity index (χ2n) is 6.48. The molecule has 0 aliphatic carbocycles. The van der Waals surface area contributed by atoms with Crippen molar-refractivity contribution < 1.29 is 9.53 Å². The zero-order chi connectivity index (χ0) is 21.5. The van der Waals surface area contributed by atoms with Gasteiger partial charge in [0.05, 0.1) is 18.0 Å². The van der Waals surface area contributed by atoms with E-state index in [1.54, 1.807) is 12.4 Å². The Balaban J connectivity index is 1.65. The molecule has 0 bridgehead atoms. The highest BCUT2D eigenvalue weighted by molar-refractivity contribution is 7.99. The summed E-state index contributed by atoms with van der Waals surface area (Å²) in [5.41, 5.74) is 2.44. The molecular weight excluding hydrogens is 410 g/mol. The van der Waals surface area contributed by atoms with Gasteiger partial charge in [-0.25, -0.2) is 0 Å². The van der Waals surface area contributed by atoms with Crippen LogP contribution in [0.2, 0.25) is 0 Å². The first-order chi connectivity index (χ1) is 15.3. The van der Waals surface area contributed by atoms with Crippen LogP contribution >= 0.6 is 11.8 Å². The summed E-state index contributed by atoms with van der Waals surface area (Å²) in [7, 11) is 0. The molecule has 0 atom stereocenters. The summed E-state index contributed by atoms with van der Waals surface area (Å²) in [6.45, 7) is 2.47. The van der Waals surface area contributed by atoms with Gasteiger partial charge in [-0.3, -0.25) is 14.3 Å². The molecular formula is C23H21N5O2S. The Morgan fingerprint density at radius 1 is 1.00 bits per heavy atom. The van der Waals surface area contributed by atoms with E-state index in [0.717, 1.165) is 22.7 Å². The third-order valence-electron chi connectivity index (χ3n) is 4.37. The Bertz CT molecular complexity index is 1150. The molecule has 0 fully saturated rings. The number of aromatic nitrogens is 4. The summed E-state index contributed by atoms with van der Waals surface area (Å²) in [4.78, 5) is 16.5. The number of benzene rings is 2. The Hall–Kier alpha value is -3.65. The van der Waals surface area contributed by atoms with Gasteiger partial charge in [0, 0.05) is 23.6 Å². The van der Waals surface area contributed by atoms with Crippen LogP contribution in [0.5, 0.6) is 5.75 Å². The molecule has 156 valence electrons. The van der Waals surface area contributed by atoms with Gasteiger partial charge in [0.1, 0.15) is 5.75 Å². The summed E-state index contributed by atoms with van der Waals surface area (Å²) in [5, 5.41) is 12.3. The molecule has 8 heteroatoms. The van der Waals surface area contributed by atoms with Gasteiger partial charge in [-0.15, -0.1) is 10.2 Å². The molecule has 31 heavy (non-hydrogen) atoms. The van der Waals surface area contributed by atoms with Crippen molar-refractivity contribution >= 4 is 23.4 Å². The van der Waals surface area contributed by atoms with Crippen molar-refractivity contribution in [3.63, 3.8) is 0 Å². The van der Waals surface area contributed by atoms with E-state index < -0.39 is 0 Å². The van der Waals surface area contributed by atoms with Gasteiger partial charge in [0.25, 0.3) is 0 Å². The number of nitrogens with zero attached hydrogens (tertiary/aromatic N) is 4. The first-order valence-corrected chi connectivity index (χ1v) is 10.8. The van der Waals surface area contributed by atoms with E-state index in [1.807, 2.05) is 78.2 Å². The van der Waals surface area contributed by atoms with E-state index in [1.165, 1.54) is 11.8 Å². The number of hydrogen-bond donors (Lipinski definition) is 1. The third-order valence-corrected chi connectivity index (χ3v) is 5.30. The average molecular weight is 432 g/mol. The molecule has 0 saturated heterocycles. The maximum Gasteiger partial charge on any atom is 0.234 e. The molecule has 0 spiro atoms. The van der Waals surface area contributed by atoms with Crippen molar-refractivity contribution in [3.05, 3.63) is 79.1 Å². The standard InChI is InChI=1S/C23H21N5O2S/c1-2-30-20-11-7-6-10-19(20)28-22(17-12-14-24-15-13-17)26-27-23(28)31-16-21(29)25-18-8-4-3-5-9-18/h3-15H,2,16H2,1H3,(H,25,29). The summed E-state index contributed by atoms with van der Waals surface area (Å²) < 4.78 is 7.75. The molecule has 0 aliphatic rings. The topological polar surface area (TPSA) is 81.9 Å². The van der Waals surface area contributed by atoms with Crippen molar-refractivity contribution in [2.24, 2.45) is 0 Å². The van der Waals surface area contributed by atoms with Crippen LogP contribution in [0.3, 0.4) is 0 Å². The molecule has 2 heterocycles. The number of carbonyl (C=O) groups is 1. The fourth-order valence-electron chi connectivity index (χ4n) is 3.04. The molecule has 0 aliphatic heterocycles. The van der Waals surface area contributed by atoms with E-state index in [9.17, 15) is 4.79 Å². The predicted molar refractivity (Wildman–Crippen MR) is 122 cm³/mol. The Morgan fingerprint density at radius 3 is 2.52 bits per heavy atom. The zero-order valence-corrected chi connectivity index (χ0v) is 17.7. The van der Waals surface area contributed by atoms with E-state index in [2.05, 4.69) is 20.5 Å². The maximum absolute atomic E-state index is 12.5. The number of nitrogens with one attached hydrogen (secondary N) is 1. The lowest BCUT2D eigenvalue weighted by atomic mass is 10.2. The largest absolute Gasteiger partial charge is 0.492 e. The first kappa shape index (κ1) is 20.6. The van der Waals surface area contributed by atoms with Gasteiger partial charge in [-0.05, 0) is 43.3 Å². The molecule has 4 rings (SSSR count). The van der Waals surface area contributed by atoms with Gasteiger partial charge in [-0.2, -0.15) is 0 Å². The minimum absolute atomic E-state index is 0.116. The monoisotopic (exact) mass is 431 g/mol. The molecule has 0 unspecified atom stereocenters. The molecule has 0 radical (unpaired) electrons. The lowest BCUT2D eigenvalue weighted by molar-refractivity contribution is -0.113. The van der Waals surface area contributed by atoms with Crippen LogP contribution in [-0.4, -0.2) is 38.0 Å². The van der Waals surface area contributed by atoms with Crippen LogP contribution < -0.4 is 10.1 Å². The summed E-state index contributed by atoms with van der Waals surface area (Å²) in [6, 6.07) is 20.8. The lowest BCUT2D eigenvalue weighted by Crippen LogP contribution is -2.14. The Morgan fingerprint density at radius 2 is 1.74 bits per heavy atom. The van der Waals surface area contributed by atoms with Crippen molar-refractivity contribution in [2.75, 3.05) is 17.7 Å². The van der Waals surface area contributed by atoms with Crippen LogP contribution in [-0.2, 0) is 4.79 Å². The number of ether oxygens (including phenoxy) is 1. The van der Waals surface area contributed by atoms with Crippen molar-refractivity contribution in [2.45, 2.75) is 12.1 Å². The number of hydrogen-bond acceptors (Lipinski definition) is 6. The maximum atomic E-state index is 12.5. The molecule has 0 saturated carbocycles. The van der Waals surface area contributed by atoms with Crippen LogP contribution in [0.25, 0.3) is 17.1 Å². The quantitative estimate of drug-likeness (QED) is 0.415. The summed E-state index contributed by atoms with van der Waals surface area (Å²) in [6.07, 6.45) is 3.42. The smallest absolute Gasteiger partial charge is 0.234 e. The average Bonchev–Trinajstić information content (AvgIpc) is 3.23. The van der Waals surface area contributed by atoms with Crippen LogP contribution in [0.15, 0.2) is 84.3 Å². The Kier molecular flexibility index (Phi) is 6.59. The number of para-hydroxylation sites is 3. The minimum atomic E-state index is -0.116. The lowest BCUT2D eigenvalue weighted by Gasteiger charge is -2.14. The van der Waals surface area contributed by atoms with Crippen LogP contribution in [0.4, 0.5) is 5.69 Å². The van der Waals surface area contributed by atoms with Crippen LogP contribution in [0, 0.1) is 0 Å². The molecule has 1 N–H and O–H groups in total. The second-order valence-corrected chi connectivity index (χ2v) is 7.42. The molecule has 2 aromatic carbocycles. The SMILES string of the molecule is CCOc1ccccc1-n1c(SCC(=O)Nc2ccccc2)nnc1-c1ccncc1. The fourth-order valence-corrected chi connectivity index (χ4v) is 3.78. The van der Waals surface area contributed by atoms with E-state index in [-0.39, 0.29) is 11.7 Å². The second kappa shape index (κ2) is 9.90. The third kappa shape index (κ3) is 4.92. The van der Waals surface area contributed by atoms with E-state index >= 15 is 0 Å². The van der Waals surface area contributed by atoms with E-state index in [4.69, 9.17) is 4.74 Å². The molecule has 7 nitrogen and oxygen atoms in total. The van der Waals surface area contributed by atoms with Crippen molar-refractivity contribution in [1.29, 1.82) is 0 Å². The summed E-state index contributed by atoms with van der Waals surface area (Å²) >= 11 is 1.32. The highest BCUT2D eigenvalue weighted by Gasteiger charge is 2.20. The Labute approximate surface area is 184 Å². The van der Waals surface area contributed by atoms with Gasteiger partial charge in [0.2, 0.25) is 5.91 Å². The minimum Gasteiger partial charge on any atom is -0.492 e. The first-order valence-electron chi connectivity index (χ1n) is 9.82. The van der Waals surface area contributed by atoms with Gasteiger partial charge in [-0.1, -0.05) is 42.1 Å². The normalized spacial score (nSPS) is 10.6. The number of anilines is 1. The molecule has 4 aromatic rings.